The highest BCUT2D eigenvalue weighted by Crippen LogP contribution is 2.26. The quantitative estimate of drug-likeness (QED) is 0.599. The third-order valence-electron chi connectivity index (χ3n) is 5.37. The van der Waals surface area contributed by atoms with E-state index in [1.165, 1.54) is 24.3 Å². The van der Waals surface area contributed by atoms with E-state index in [1.54, 1.807) is 13.3 Å². The zero-order valence-electron chi connectivity index (χ0n) is 17.3. The molecule has 0 unspecified atom stereocenters. The summed E-state index contributed by atoms with van der Waals surface area (Å²) in [5.41, 5.74) is 1.58. The number of primary sulfonamides is 1. The van der Waals surface area contributed by atoms with E-state index in [2.05, 4.69) is 10.00 Å². The molecule has 168 valence electrons. The van der Waals surface area contributed by atoms with Gasteiger partial charge in [0.05, 0.1) is 29.6 Å². The van der Waals surface area contributed by atoms with E-state index in [4.69, 9.17) is 21.5 Å². The average molecular weight is 476 g/mol. The Labute approximate surface area is 190 Å². The van der Waals surface area contributed by atoms with Crippen LogP contribution in [0.25, 0.3) is 5.69 Å². The molecule has 1 aromatic heterocycles. The number of sulfonamides is 1. The molecule has 0 bridgehead atoms. The smallest absolute Gasteiger partial charge is 0.292 e. The highest BCUT2D eigenvalue weighted by Gasteiger charge is 2.22. The van der Waals surface area contributed by atoms with Gasteiger partial charge in [0.15, 0.2) is 0 Å². The maximum atomic E-state index is 12.8. The molecule has 1 saturated heterocycles. The molecule has 0 aliphatic carbocycles. The van der Waals surface area contributed by atoms with Gasteiger partial charge in [-0.1, -0.05) is 11.6 Å². The van der Waals surface area contributed by atoms with Gasteiger partial charge in [-0.2, -0.15) is 9.78 Å². The molecule has 1 aliphatic rings. The fourth-order valence-corrected chi connectivity index (χ4v) is 4.37. The molecule has 32 heavy (non-hydrogen) atoms. The normalized spacial score (nSPS) is 14.5. The van der Waals surface area contributed by atoms with Crippen LogP contribution in [-0.2, 0) is 10.0 Å². The Morgan fingerprint density at radius 2 is 1.50 bits per heavy atom. The van der Waals surface area contributed by atoms with Crippen molar-refractivity contribution in [2.75, 3.05) is 43.1 Å². The maximum Gasteiger partial charge on any atom is 0.292 e. The first-order chi connectivity index (χ1) is 15.3. The van der Waals surface area contributed by atoms with Crippen LogP contribution in [0.5, 0.6) is 5.75 Å². The van der Waals surface area contributed by atoms with Gasteiger partial charge in [-0.25, -0.2) is 13.6 Å². The number of anilines is 2. The molecule has 1 aliphatic heterocycles. The number of halogens is 1. The minimum Gasteiger partial charge on any atom is -0.497 e. The third kappa shape index (κ3) is 4.43. The first-order valence-electron chi connectivity index (χ1n) is 9.83. The predicted octanol–water partition coefficient (Wildman–Crippen LogP) is 1.87. The summed E-state index contributed by atoms with van der Waals surface area (Å²) in [7, 11) is -2.18. The molecule has 9 nitrogen and oxygen atoms in total. The molecule has 1 fully saturated rings. The van der Waals surface area contributed by atoms with E-state index in [0.29, 0.717) is 24.5 Å². The summed E-state index contributed by atoms with van der Waals surface area (Å²) in [5, 5.41) is 9.42. The minimum atomic E-state index is -3.82. The number of aromatic nitrogens is 2. The molecule has 4 rings (SSSR count). The SMILES string of the molecule is COc1ccc(N2CCN(c3cnn(-c4ccc(S(N)(=O)=O)cc4)c(=O)c3Cl)CC2)cc1. The first-order valence-corrected chi connectivity index (χ1v) is 11.8. The van der Waals surface area contributed by atoms with E-state index in [9.17, 15) is 13.2 Å². The fourth-order valence-electron chi connectivity index (χ4n) is 3.60. The number of rotatable bonds is 5. The van der Waals surface area contributed by atoms with Gasteiger partial charge in [-0.05, 0) is 48.5 Å². The lowest BCUT2D eigenvalue weighted by Crippen LogP contribution is -2.47. The number of hydrogen-bond acceptors (Lipinski definition) is 7. The largest absolute Gasteiger partial charge is 0.497 e. The highest BCUT2D eigenvalue weighted by molar-refractivity contribution is 7.89. The Bertz CT molecular complexity index is 1270. The summed E-state index contributed by atoms with van der Waals surface area (Å²) in [4.78, 5) is 17.1. The molecule has 2 heterocycles. The van der Waals surface area contributed by atoms with Crippen LogP contribution in [0.1, 0.15) is 0 Å². The lowest BCUT2D eigenvalue weighted by atomic mass is 10.2. The molecule has 2 aromatic carbocycles. The molecule has 0 atom stereocenters. The number of benzene rings is 2. The number of nitrogens with zero attached hydrogens (tertiary/aromatic N) is 4. The second-order valence-electron chi connectivity index (χ2n) is 7.27. The molecule has 11 heteroatoms. The zero-order valence-corrected chi connectivity index (χ0v) is 18.9. The molecule has 2 N–H and O–H groups in total. The summed E-state index contributed by atoms with van der Waals surface area (Å²) in [6.45, 7) is 2.89. The Morgan fingerprint density at radius 3 is 2.06 bits per heavy atom. The summed E-state index contributed by atoms with van der Waals surface area (Å²) in [6, 6.07) is 13.4. The van der Waals surface area contributed by atoms with E-state index in [1.807, 2.05) is 29.2 Å². The third-order valence-corrected chi connectivity index (χ3v) is 6.65. The molecule has 0 saturated carbocycles. The van der Waals surface area contributed by atoms with Gasteiger partial charge in [0.25, 0.3) is 5.56 Å². The van der Waals surface area contributed by atoms with E-state index in [-0.39, 0.29) is 9.92 Å². The van der Waals surface area contributed by atoms with Crippen molar-refractivity contribution in [1.29, 1.82) is 0 Å². The number of hydrogen-bond donors (Lipinski definition) is 1. The molecular formula is C21H22ClN5O4S. The Balaban J connectivity index is 1.51. The molecule has 0 spiro atoms. The van der Waals surface area contributed by atoms with Crippen molar-refractivity contribution in [2.24, 2.45) is 5.14 Å². The van der Waals surface area contributed by atoms with Crippen molar-refractivity contribution in [1.82, 2.24) is 9.78 Å². The summed E-state index contributed by atoms with van der Waals surface area (Å²) in [5.74, 6) is 0.810. The molecule has 0 amide bonds. The summed E-state index contributed by atoms with van der Waals surface area (Å²) >= 11 is 6.41. The topological polar surface area (TPSA) is 111 Å². The van der Waals surface area contributed by atoms with Gasteiger partial charge in [0.2, 0.25) is 10.0 Å². The van der Waals surface area contributed by atoms with E-state index in [0.717, 1.165) is 29.2 Å². The van der Waals surface area contributed by atoms with Crippen molar-refractivity contribution in [3.05, 3.63) is 70.1 Å². The van der Waals surface area contributed by atoms with Crippen LogP contribution in [0.2, 0.25) is 5.02 Å². The van der Waals surface area contributed by atoms with Crippen LogP contribution in [-0.4, -0.2) is 51.5 Å². The van der Waals surface area contributed by atoms with Crippen molar-refractivity contribution in [3.8, 4) is 11.4 Å². The van der Waals surface area contributed by atoms with Gasteiger partial charge in [0, 0.05) is 31.9 Å². The lowest BCUT2D eigenvalue weighted by molar-refractivity contribution is 0.415. The molecular weight excluding hydrogens is 454 g/mol. The first kappa shape index (κ1) is 22.1. The lowest BCUT2D eigenvalue weighted by Gasteiger charge is -2.37. The van der Waals surface area contributed by atoms with Gasteiger partial charge < -0.3 is 14.5 Å². The van der Waals surface area contributed by atoms with Crippen LogP contribution < -0.4 is 25.2 Å². The number of ether oxygens (including phenoxy) is 1. The van der Waals surface area contributed by atoms with Crippen molar-refractivity contribution in [3.63, 3.8) is 0 Å². The van der Waals surface area contributed by atoms with Gasteiger partial charge in [0.1, 0.15) is 10.8 Å². The second-order valence-corrected chi connectivity index (χ2v) is 9.21. The van der Waals surface area contributed by atoms with Crippen molar-refractivity contribution < 1.29 is 13.2 Å². The van der Waals surface area contributed by atoms with Gasteiger partial charge in [-0.15, -0.1) is 0 Å². The Hall–Kier alpha value is -3.08. The Morgan fingerprint density at radius 1 is 0.938 bits per heavy atom. The van der Waals surface area contributed by atoms with Crippen LogP contribution in [0.4, 0.5) is 11.4 Å². The number of piperazine rings is 1. The number of methoxy groups -OCH3 is 1. The fraction of sp³-hybridized carbons (Fsp3) is 0.238. The van der Waals surface area contributed by atoms with E-state index >= 15 is 0 Å². The van der Waals surface area contributed by atoms with Gasteiger partial charge >= 0.3 is 0 Å². The van der Waals surface area contributed by atoms with Crippen LogP contribution in [0.3, 0.4) is 0 Å². The van der Waals surface area contributed by atoms with Crippen molar-refractivity contribution in [2.45, 2.75) is 4.90 Å². The van der Waals surface area contributed by atoms with Crippen molar-refractivity contribution >= 4 is 33.0 Å². The van der Waals surface area contributed by atoms with E-state index < -0.39 is 15.6 Å². The maximum absolute atomic E-state index is 12.8. The molecule has 0 radical (unpaired) electrons. The van der Waals surface area contributed by atoms with Crippen LogP contribution >= 0.6 is 11.6 Å². The zero-order chi connectivity index (χ0) is 22.9. The second kappa shape index (κ2) is 8.81. The van der Waals surface area contributed by atoms with Gasteiger partial charge in [-0.3, -0.25) is 4.79 Å². The average Bonchev–Trinajstić information content (AvgIpc) is 2.81. The van der Waals surface area contributed by atoms with Crippen LogP contribution in [0.15, 0.2) is 64.4 Å². The standard InChI is InChI=1S/C21H22ClN5O4S/c1-31-17-6-2-15(3-7-17)25-10-12-26(13-11-25)19-14-24-27(21(28)20(19)22)16-4-8-18(9-5-16)32(23,29)30/h2-9,14H,10-13H2,1H3,(H2,23,29,30). The molecule has 3 aromatic rings. The predicted molar refractivity (Wildman–Crippen MR) is 124 cm³/mol. The summed E-state index contributed by atoms with van der Waals surface area (Å²) in [6.07, 6.45) is 1.56. The Kier molecular flexibility index (Phi) is 6.09. The highest BCUT2D eigenvalue weighted by atomic mass is 35.5. The van der Waals surface area contributed by atoms with Crippen LogP contribution in [0, 0.1) is 0 Å². The summed E-state index contributed by atoms with van der Waals surface area (Å²) < 4.78 is 29.2. The minimum absolute atomic E-state index is 0.0493. The number of nitrogens with two attached hydrogens (primary N) is 1. The monoisotopic (exact) mass is 475 g/mol.